The Bertz CT molecular complexity index is 645. The number of ether oxygens (including phenoxy) is 2. The highest BCUT2D eigenvalue weighted by Gasteiger charge is 2.37. The van der Waals surface area contributed by atoms with E-state index in [0.717, 1.165) is 24.4 Å². The van der Waals surface area contributed by atoms with Gasteiger partial charge in [-0.05, 0) is 18.6 Å². The van der Waals surface area contributed by atoms with Crippen molar-refractivity contribution in [2.75, 3.05) is 26.8 Å². The van der Waals surface area contributed by atoms with Crippen LogP contribution in [-0.4, -0.2) is 43.3 Å². The number of hydrogen-bond acceptors (Lipinski definition) is 5. The summed E-state index contributed by atoms with van der Waals surface area (Å²) in [5, 5.41) is 0. The van der Waals surface area contributed by atoms with Crippen LogP contribution in [-0.2, 0) is 14.3 Å². The van der Waals surface area contributed by atoms with Gasteiger partial charge in [0.2, 0.25) is 5.88 Å². The van der Waals surface area contributed by atoms with E-state index >= 15 is 0 Å². The molecule has 122 valence electrons. The zero-order valence-electron chi connectivity index (χ0n) is 13.5. The van der Waals surface area contributed by atoms with Crippen molar-refractivity contribution >= 4 is 11.6 Å². The van der Waals surface area contributed by atoms with Gasteiger partial charge in [-0.25, -0.2) is 0 Å². The third-order valence-electron chi connectivity index (χ3n) is 4.48. The third kappa shape index (κ3) is 2.83. The summed E-state index contributed by atoms with van der Waals surface area (Å²) in [4.78, 5) is 27.2. The van der Waals surface area contributed by atoms with Crippen LogP contribution in [0, 0.1) is 0 Å². The third-order valence-corrected chi connectivity index (χ3v) is 4.48. The average Bonchev–Trinajstić information content (AvgIpc) is 3.02. The van der Waals surface area contributed by atoms with Gasteiger partial charge in [-0.1, -0.05) is 18.2 Å². The number of nitrogens with zero attached hydrogens (tertiary/aromatic N) is 1. The van der Waals surface area contributed by atoms with Gasteiger partial charge in [-0.2, -0.15) is 0 Å². The second-order valence-corrected chi connectivity index (χ2v) is 5.80. The fraction of sp³-hybridized carbons (Fsp3) is 0.444. The first-order valence-electron chi connectivity index (χ1n) is 7.97. The molecule has 0 atom stereocenters. The molecule has 1 aliphatic heterocycles. The number of methoxy groups -OCH3 is 1. The second kappa shape index (κ2) is 6.44. The Labute approximate surface area is 135 Å². The fourth-order valence-corrected chi connectivity index (χ4v) is 3.32. The van der Waals surface area contributed by atoms with Crippen LogP contribution in [0.1, 0.15) is 31.2 Å². The summed E-state index contributed by atoms with van der Waals surface area (Å²) < 4.78 is 10.9. The van der Waals surface area contributed by atoms with Crippen LogP contribution in [0.25, 0.3) is 0 Å². The number of carbonyl (C=O) groups is 2. The summed E-state index contributed by atoms with van der Waals surface area (Å²) in [7, 11) is 1.60. The van der Waals surface area contributed by atoms with E-state index in [2.05, 4.69) is 0 Å². The van der Waals surface area contributed by atoms with Gasteiger partial charge in [0, 0.05) is 25.3 Å². The maximum Gasteiger partial charge on any atom is 0.204 e. The summed E-state index contributed by atoms with van der Waals surface area (Å²) in [5.41, 5.74) is 1.16. The molecule has 5 nitrogen and oxygen atoms in total. The van der Waals surface area contributed by atoms with Crippen LogP contribution < -0.4 is 4.74 Å². The molecule has 1 aliphatic carbocycles. The fourth-order valence-electron chi connectivity index (χ4n) is 3.32. The summed E-state index contributed by atoms with van der Waals surface area (Å²) in [6, 6.07) is 7.57. The number of ketones is 2. The second-order valence-electron chi connectivity index (χ2n) is 5.80. The normalized spacial score (nSPS) is 21.7. The van der Waals surface area contributed by atoms with Gasteiger partial charge in [-0.15, -0.1) is 0 Å². The van der Waals surface area contributed by atoms with Crippen LogP contribution >= 0.6 is 0 Å². The van der Waals surface area contributed by atoms with E-state index in [4.69, 9.17) is 9.47 Å². The Morgan fingerprint density at radius 3 is 2.57 bits per heavy atom. The first kappa shape index (κ1) is 15.6. The molecule has 2 fully saturated rings. The van der Waals surface area contributed by atoms with Gasteiger partial charge < -0.3 is 14.4 Å². The highest BCUT2D eigenvalue weighted by atomic mass is 16.5. The molecule has 0 unspecified atom stereocenters. The largest absolute Gasteiger partial charge is 0.496 e. The maximum absolute atomic E-state index is 12.6. The number of allylic oxidation sites excluding steroid dienone is 1. The van der Waals surface area contributed by atoms with Crippen molar-refractivity contribution in [2.24, 2.45) is 0 Å². The summed E-state index contributed by atoms with van der Waals surface area (Å²) in [6.45, 7) is 3.98. The average molecular weight is 315 g/mol. The predicted octanol–water partition coefficient (Wildman–Crippen LogP) is 2.27. The minimum atomic E-state index is -0.132. The van der Waals surface area contributed by atoms with Crippen molar-refractivity contribution in [3.63, 3.8) is 0 Å². The molecule has 1 aromatic carbocycles. The Balaban J connectivity index is 1.90. The topological polar surface area (TPSA) is 55.8 Å². The van der Waals surface area contributed by atoms with E-state index in [1.165, 1.54) is 0 Å². The molecule has 1 saturated heterocycles. The molecule has 1 saturated carbocycles. The van der Waals surface area contributed by atoms with Crippen LogP contribution in [0.3, 0.4) is 0 Å². The Morgan fingerprint density at radius 1 is 1.22 bits per heavy atom. The number of likely N-dealkylation sites (N-methyl/N-ethyl adjacent to an activating group) is 1. The molecule has 2 aliphatic rings. The molecule has 1 heterocycles. The van der Waals surface area contributed by atoms with E-state index in [0.29, 0.717) is 25.3 Å². The predicted molar refractivity (Wildman–Crippen MR) is 85.2 cm³/mol. The summed E-state index contributed by atoms with van der Waals surface area (Å²) in [5.74, 6) is 0.800. The quantitative estimate of drug-likeness (QED) is 0.633. The molecular formula is C18H21NO4. The maximum atomic E-state index is 12.6. The van der Waals surface area contributed by atoms with Crippen LogP contribution in [0.5, 0.6) is 5.75 Å². The molecule has 0 N–H and O–H groups in total. The van der Waals surface area contributed by atoms with E-state index < -0.39 is 0 Å². The Hall–Kier alpha value is -2.30. The lowest BCUT2D eigenvalue weighted by atomic mass is 9.79. The van der Waals surface area contributed by atoms with Crippen molar-refractivity contribution in [3.05, 3.63) is 41.3 Å². The van der Waals surface area contributed by atoms with Crippen molar-refractivity contribution in [3.8, 4) is 5.75 Å². The van der Waals surface area contributed by atoms with Crippen LogP contribution in [0.4, 0.5) is 0 Å². The van der Waals surface area contributed by atoms with Crippen molar-refractivity contribution < 1.29 is 19.1 Å². The van der Waals surface area contributed by atoms with Gasteiger partial charge in [0.15, 0.2) is 11.6 Å². The van der Waals surface area contributed by atoms with Gasteiger partial charge in [0.1, 0.15) is 17.9 Å². The highest BCUT2D eigenvalue weighted by Crippen LogP contribution is 2.37. The van der Waals surface area contributed by atoms with Gasteiger partial charge in [0.05, 0.1) is 13.7 Å². The van der Waals surface area contributed by atoms with Crippen LogP contribution in [0.15, 0.2) is 35.7 Å². The molecule has 0 aromatic heterocycles. The van der Waals surface area contributed by atoms with Crippen molar-refractivity contribution in [1.82, 2.24) is 4.90 Å². The van der Waals surface area contributed by atoms with E-state index in [9.17, 15) is 9.59 Å². The van der Waals surface area contributed by atoms with E-state index in [-0.39, 0.29) is 23.1 Å². The molecule has 0 spiro atoms. The lowest BCUT2D eigenvalue weighted by Crippen LogP contribution is -2.30. The number of hydrogen-bond donors (Lipinski definition) is 0. The minimum absolute atomic E-state index is 0.132. The first-order chi connectivity index (χ1) is 11.2. The number of carbonyl (C=O) groups excluding carboxylic acids is 2. The van der Waals surface area contributed by atoms with Crippen molar-refractivity contribution in [1.29, 1.82) is 0 Å². The number of rotatable bonds is 3. The standard InChI is InChI=1S/C18H21NO4/c1-3-19-8-9-23-18(19)17-14(20)10-12(11-15(17)21)13-6-4-5-7-16(13)22-2/h4-7,12H,3,8-11H2,1-2H3. The summed E-state index contributed by atoms with van der Waals surface area (Å²) in [6.07, 6.45) is 0.623. The zero-order valence-corrected chi connectivity index (χ0v) is 13.5. The zero-order chi connectivity index (χ0) is 16.4. The lowest BCUT2D eigenvalue weighted by molar-refractivity contribution is -0.125. The molecule has 0 bridgehead atoms. The molecule has 3 rings (SSSR count). The first-order valence-corrected chi connectivity index (χ1v) is 7.97. The van der Waals surface area contributed by atoms with Crippen LogP contribution in [0.2, 0.25) is 0 Å². The molecule has 0 amide bonds. The number of Topliss-reactive ketones (excluding diaryl/α,β-unsaturated/α-hetero) is 2. The Morgan fingerprint density at radius 2 is 1.91 bits per heavy atom. The smallest absolute Gasteiger partial charge is 0.204 e. The molecule has 23 heavy (non-hydrogen) atoms. The van der Waals surface area contributed by atoms with E-state index in [1.54, 1.807) is 7.11 Å². The molecule has 0 radical (unpaired) electrons. The Kier molecular flexibility index (Phi) is 4.37. The molecule has 1 aromatic rings. The summed E-state index contributed by atoms with van der Waals surface area (Å²) >= 11 is 0. The highest BCUT2D eigenvalue weighted by molar-refractivity contribution is 6.22. The molecular weight excluding hydrogens is 294 g/mol. The van der Waals surface area contributed by atoms with Gasteiger partial charge >= 0.3 is 0 Å². The van der Waals surface area contributed by atoms with Crippen molar-refractivity contribution in [2.45, 2.75) is 25.7 Å². The van der Waals surface area contributed by atoms with Gasteiger partial charge in [0.25, 0.3) is 0 Å². The van der Waals surface area contributed by atoms with E-state index in [1.807, 2.05) is 36.1 Å². The number of para-hydroxylation sites is 1. The van der Waals surface area contributed by atoms with Gasteiger partial charge in [-0.3, -0.25) is 9.59 Å². The molecule has 5 heteroatoms. The lowest BCUT2D eigenvalue weighted by Gasteiger charge is -2.26. The number of benzene rings is 1. The SMILES string of the molecule is CCN1CCOC1=C1C(=O)CC(c2ccccc2OC)CC1=O. The minimum Gasteiger partial charge on any atom is -0.496 e. The monoisotopic (exact) mass is 315 g/mol.